The monoisotopic (exact) mass is 124 g/mol. The molecule has 1 fully saturated rings. The molecule has 1 rings (SSSR count). The smallest absolute Gasteiger partial charge is 0.00419 e. The summed E-state index contributed by atoms with van der Waals surface area (Å²) in [4.78, 5) is 0. The van der Waals surface area contributed by atoms with Crippen LogP contribution < -0.4 is 5.73 Å². The molecule has 0 aliphatic heterocycles. The first-order valence-electron chi connectivity index (χ1n) is 3.58. The minimum absolute atomic E-state index is 0.513. The Bertz CT molecular complexity index is 101. The molecular formula is C8H14N. The van der Waals surface area contributed by atoms with Crippen LogP contribution in [0.3, 0.4) is 0 Å². The van der Waals surface area contributed by atoms with Gasteiger partial charge in [0.25, 0.3) is 0 Å². The van der Waals surface area contributed by atoms with Crippen LogP contribution in [0.2, 0.25) is 0 Å². The van der Waals surface area contributed by atoms with Crippen molar-refractivity contribution >= 4 is 0 Å². The summed E-state index contributed by atoms with van der Waals surface area (Å²) in [7, 11) is 0. The van der Waals surface area contributed by atoms with Crippen molar-refractivity contribution in [3.05, 3.63) is 18.7 Å². The van der Waals surface area contributed by atoms with E-state index in [1.807, 2.05) is 0 Å². The summed E-state index contributed by atoms with van der Waals surface area (Å²) in [5.74, 6) is 0.513. The van der Waals surface area contributed by atoms with E-state index < -0.39 is 0 Å². The highest BCUT2D eigenvalue weighted by Crippen LogP contribution is 2.25. The van der Waals surface area contributed by atoms with Crippen LogP contribution in [0.4, 0.5) is 0 Å². The number of hydrogen-bond donors (Lipinski definition) is 1. The maximum Gasteiger partial charge on any atom is 0.00419 e. The lowest BCUT2D eigenvalue weighted by Crippen LogP contribution is -2.14. The minimum Gasteiger partial charge on any atom is -0.402 e. The Morgan fingerprint density at radius 1 is 1.56 bits per heavy atom. The summed E-state index contributed by atoms with van der Waals surface area (Å²) in [6.07, 6.45) is 7.38. The number of rotatable bonds is 1. The van der Waals surface area contributed by atoms with Gasteiger partial charge in [0, 0.05) is 11.6 Å². The lowest BCUT2D eigenvalue weighted by Gasteiger charge is -2.20. The van der Waals surface area contributed by atoms with Gasteiger partial charge in [0.2, 0.25) is 0 Å². The predicted molar refractivity (Wildman–Crippen MR) is 39.6 cm³/mol. The molecular weight excluding hydrogens is 110 g/mol. The normalized spacial score (nSPS) is 21.8. The molecule has 0 aromatic heterocycles. The highest BCUT2D eigenvalue weighted by atomic mass is 14.6. The molecule has 1 radical (unpaired) electrons. The van der Waals surface area contributed by atoms with Crippen LogP contribution in [0.5, 0.6) is 0 Å². The molecule has 1 nitrogen and oxygen atoms in total. The summed E-state index contributed by atoms with van der Waals surface area (Å²) >= 11 is 0. The molecule has 2 N–H and O–H groups in total. The maximum absolute atomic E-state index is 5.54. The van der Waals surface area contributed by atoms with Crippen LogP contribution in [0, 0.1) is 12.3 Å². The number of hydrogen-bond acceptors (Lipinski definition) is 1. The topological polar surface area (TPSA) is 26.0 Å². The van der Waals surface area contributed by atoms with Crippen LogP contribution in [-0.4, -0.2) is 0 Å². The molecule has 0 amide bonds. The molecule has 1 saturated carbocycles. The van der Waals surface area contributed by atoms with Gasteiger partial charge in [-0.3, -0.25) is 0 Å². The third-order valence-corrected chi connectivity index (χ3v) is 1.90. The van der Waals surface area contributed by atoms with Crippen molar-refractivity contribution in [3.63, 3.8) is 0 Å². The van der Waals surface area contributed by atoms with Crippen molar-refractivity contribution in [1.82, 2.24) is 0 Å². The van der Waals surface area contributed by atoms with Gasteiger partial charge >= 0.3 is 0 Å². The van der Waals surface area contributed by atoms with Crippen LogP contribution in [0.15, 0.2) is 12.3 Å². The van der Waals surface area contributed by atoms with Gasteiger partial charge in [0.1, 0.15) is 0 Å². The van der Waals surface area contributed by atoms with E-state index in [0.29, 0.717) is 5.92 Å². The van der Waals surface area contributed by atoms with Crippen molar-refractivity contribution in [3.8, 4) is 0 Å². The Morgan fingerprint density at radius 3 is 2.67 bits per heavy atom. The maximum atomic E-state index is 5.54. The van der Waals surface area contributed by atoms with Crippen molar-refractivity contribution in [2.24, 2.45) is 11.7 Å². The molecule has 1 aliphatic carbocycles. The van der Waals surface area contributed by atoms with E-state index in [0.717, 1.165) is 5.70 Å². The first-order chi connectivity index (χ1) is 4.30. The Kier molecular flexibility index (Phi) is 2.15. The molecule has 0 aromatic carbocycles. The second kappa shape index (κ2) is 2.90. The first-order valence-corrected chi connectivity index (χ1v) is 3.58. The number of nitrogens with two attached hydrogens (primary N) is 1. The van der Waals surface area contributed by atoms with Gasteiger partial charge in [0.15, 0.2) is 0 Å². The lowest BCUT2D eigenvalue weighted by molar-refractivity contribution is 0.492. The molecule has 1 unspecified atom stereocenters. The molecule has 0 bridgehead atoms. The van der Waals surface area contributed by atoms with Crippen LogP contribution in [-0.2, 0) is 0 Å². The quantitative estimate of drug-likeness (QED) is 0.567. The van der Waals surface area contributed by atoms with Crippen LogP contribution in [0.25, 0.3) is 0 Å². The first kappa shape index (κ1) is 6.66. The Balaban J connectivity index is 2.31. The summed E-state index contributed by atoms with van der Waals surface area (Å²) in [5, 5.41) is 0. The molecule has 0 saturated heterocycles. The highest BCUT2D eigenvalue weighted by molar-refractivity contribution is 5.02. The Hall–Kier alpha value is -0.460. The summed E-state index contributed by atoms with van der Waals surface area (Å²) in [6.45, 7) is 3.73. The van der Waals surface area contributed by atoms with Gasteiger partial charge in [-0.05, 0) is 19.3 Å². The van der Waals surface area contributed by atoms with E-state index in [-0.39, 0.29) is 0 Å². The summed E-state index contributed by atoms with van der Waals surface area (Å²) in [6, 6.07) is 0. The van der Waals surface area contributed by atoms with Gasteiger partial charge < -0.3 is 5.73 Å². The van der Waals surface area contributed by atoms with E-state index in [4.69, 9.17) is 5.73 Å². The van der Waals surface area contributed by atoms with E-state index in [9.17, 15) is 0 Å². The molecule has 1 heteroatoms. The SMILES string of the molecule is C=C(N)C1[CH]CCCC1. The van der Waals surface area contributed by atoms with Crippen LogP contribution >= 0.6 is 0 Å². The zero-order valence-corrected chi connectivity index (χ0v) is 5.77. The van der Waals surface area contributed by atoms with Crippen molar-refractivity contribution in [1.29, 1.82) is 0 Å². The van der Waals surface area contributed by atoms with Crippen molar-refractivity contribution in [2.45, 2.75) is 25.7 Å². The van der Waals surface area contributed by atoms with E-state index in [1.54, 1.807) is 0 Å². The van der Waals surface area contributed by atoms with Crippen molar-refractivity contribution < 1.29 is 0 Å². The molecule has 51 valence electrons. The fourth-order valence-corrected chi connectivity index (χ4v) is 1.28. The average molecular weight is 124 g/mol. The van der Waals surface area contributed by atoms with Gasteiger partial charge in [-0.15, -0.1) is 0 Å². The number of allylic oxidation sites excluding steroid dienone is 1. The largest absolute Gasteiger partial charge is 0.402 e. The molecule has 9 heavy (non-hydrogen) atoms. The molecule has 0 aromatic rings. The summed E-state index contributed by atoms with van der Waals surface area (Å²) < 4.78 is 0. The van der Waals surface area contributed by atoms with E-state index in [1.165, 1.54) is 25.7 Å². The zero-order chi connectivity index (χ0) is 6.69. The third-order valence-electron chi connectivity index (χ3n) is 1.90. The van der Waals surface area contributed by atoms with Gasteiger partial charge in [-0.2, -0.15) is 0 Å². The van der Waals surface area contributed by atoms with Gasteiger partial charge in [-0.1, -0.05) is 19.4 Å². The van der Waals surface area contributed by atoms with E-state index in [2.05, 4.69) is 13.0 Å². The molecule has 1 aliphatic rings. The molecule has 0 spiro atoms. The molecule has 0 heterocycles. The lowest BCUT2D eigenvalue weighted by atomic mass is 9.88. The highest BCUT2D eigenvalue weighted by Gasteiger charge is 2.13. The van der Waals surface area contributed by atoms with Gasteiger partial charge in [0.05, 0.1) is 0 Å². The summed E-state index contributed by atoms with van der Waals surface area (Å²) in [5.41, 5.74) is 6.38. The zero-order valence-electron chi connectivity index (χ0n) is 5.77. The Labute approximate surface area is 56.9 Å². The van der Waals surface area contributed by atoms with E-state index >= 15 is 0 Å². The third kappa shape index (κ3) is 1.74. The predicted octanol–water partition coefficient (Wildman–Crippen LogP) is 1.85. The minimum atomic E-state index is 0.513. The fraction of sp³-hybridized carbons (Fsp3) is 0.625. The van der Waals surface area contributed by atoms with Crippen LogP contribution in [0.1, 0.15) is 25.7 Å². The second-order valence-corrected chi connectivity index (χ2v) is 2.70. The average Bonchev–Trinajstić information content (AvgIpc) is 1.90. The molecule has 1 atom stereocenters. The second-order valence-electron chi connectivity index (χ2n) is 2.70. The standard InChI is InChI=1S/C8H14N/c1-7(9)8-5-3-2-4-6-8/h5,8H,1-4,6,9H2. The fourth-order valence-electron chi connectivity index (χ4n) is 1.28. The van der Waals surface area contributed by atoms with Crippen molar-refractivity contribution in [2.75, 3.05) is 0 Å². The Morgan fingerprint density at radius 2 is 2.33 bits per heavy atom. The van der Waals surface area contributed by atoms with Gasteiger partial charge in [-0.25, -0.2) is 0 Å².